The highest BCUT2D eigenvalue weighted by atomic mass is 16.6. The van der Waals surface area contributed by atoms with Gasteiger partial charge in [0.25, 0.3) is 0 Å². The van der Waals surface area contributed by atoms with Crippen LogP contribution in [0.4, 0.5) is 0 Å². The van der Waals surface area contributed by atoms with E-state index in [1.54, 1.807) is 0 Å². The molecular weight excluding hydrogens is 206 g/mol. The van der Waals surface area contributed by atoms with Crippen LogP contribution in [-0.4, -0.2) is 37.4 Å². The molecule has 1 rings (SSSR count). The second kappa shape index (κ2) is 6.86. The second-order valence-electron chi connectivity index (χ2n) is 4.44. The normalized spacial score (nSPS) is 30.1. The Morgan fingerprint density at radius 2 is 2.00 bits per heavy atom. The first kappa shape index (κ1) is 13.5. The molecule has 0 saturated carbocycles. The minimum absolute atomic E-state index is 0.0351. The second-order valence-corrected chi connectivity index (χ2v) is 4.44. The molecule has 0 spiro atoms. The number of esters is 1. The van der Waals surface area contributed by atoms with E-state index >= 15 is 0 Å². The van der Waals surface area contributed by atoms with Crippen molar-refractivity contribution < 1.29 is 14.3 Å². The van der Waals surface area contributed by atoms with Gasteiger partial charge in [0.1, 0.15) is 6.10 Å². The summed E-state index contributed by atoms with van der Waals surface area (Å²) < 4.78 is 11.0. The average molecular weight is 229 g/mol. The fourth-order valence-corrected chi connectivity index (χ4v) is 2.05. The molecule has 16 heavy (non-hydrogen) atoms. The van der Waals surface area contributed by atoms with Crippen molar-refractivity contribution in [3.8, 4) is 0 Å². The standard InChI is InChI=1S/C12H23NO3/c1-4-13-6-5-12(14)16-11-7-9(2)15-10(3)8-11/h9-11,13H,4-8H2,1-3H3. The average Bonchev–Trinajstić information content (AvgIpc) is 2.16. The van der Waals surface area contributed by atoms with E-state index in [9.17, 15) is 4.79 Å². The first-order chi connectivity index (χ1) is 7.61. The van der Waals surface area contributed by atoms with Crippen molar-refractivity contribution in [1.29, 1.82) is 0 Å². The predicted octanol–water partition coefficient (Wildman–Crippen LogP) is 1.49. The summed E-state index contributed by atoms with van der Waals surface area (Å²) in [6.07, 6.45) is 2.50. The Kier molecular flexibility index (Phi) is 5.77. The summed E-state index contributed by atoms with van der Waals surface area (Å²) in [5.74, 6) is -0.104. The lowest BCUT2D eigenvalue weighted by atomic mass is 10.0. The Balaban J connectivity index is 2.22. The van der Waals surface area contributed by atoms with Crippen LogP contribution in [0.1, 0.15) is 40.0 Å². The van der Waals surface area contributed by atoms with E-state index in [0.29, 0.717) is 13.0 Å². The van der Waals surface area contributed by atoms with Gasteiger partial charge in [-0.2, -0.15) is 0 Å². The Morgan fingerprint density at radius 1 is 1.38 bits per heavy atom. The molecule has 0 aliphatic carbocycles. The van der Waals surface area contributed by atoms with Gasteiger partial charge in [-0.1, -0.05) is 6.92 Å². The Labute approximate surface area is 97.7 Å². The van der Waals surface area contributed by atoms with Gasteiger partial charge in [-0.3, -0.25) is 4.79 Å². The number of hydrogen-bond donors (Lipinski definition) is 1. The van der Waals surface area contributed by atoms with Crippen LogP contribution >= 0.6 is 0 Å². The maximum absolute atomic E-state index is 11.5. The highest BCUT2D eigenvalue weighted by Crippen LogP contribution is 2.21. The highest BCUT2D eigenvalue weighted by Gasteiger charge is 2.26. The Bertz CT molecular complexity index is 210. The monoisotopic (exact) mass is 229 g/mol. The number of carbonyl (C=O) groups excluding carboxylic acids is 1. The first-order valence-electron chi connectivity index (χ1n) is 6.17. The smallest absolute Gasteiger partial charge is 0.307 e. The van der Waals surface area contributed by atoms with Gasteiger partial charge in [0, 0.05) is 19.4 Å². The lowest BCUT2D eigenvalue weighted by Gasteiger charge is -2.31. The summed E-state index contributed by atoms with van der Waals surface area (Å²) in [5, 5.41) is 3.11. The number of rotatable bonds is 5. The highest BCUT2D eigenvalue weighted by molar-refractivity contribution is 5.69. The summed E-state index contributed by atoms with van der Waals surface area (Å²) in [5.41, 5.74) is 0. The molecule has 0 amide bonds. The predicted molar refractivity (Wildman–Crippen MR) is 62.3 cm³/mol. The van der Waals surface area contributed by atoms with E-state index in [1.165, 1.54) is 0 Å². The quantitative estimate of drug-likeness (QED) is 0.573. The molecule has 4 nitrogen and oxygen atoms in total. The first-order valence-corrected chi connectivity index (χ1v) is 6.17. The van der Waals surface area contributed by atoms with Gasteiger partial charge in [-0.05, 0) is 20.4 Å². The van der Waals surface area contributed by atoms with E-state index in [2.05, 4.69) is 5.32 Å². The lowest BCUT2D eigenvalue weighted by Crippen LogP contribution is -2.35. The molecule has 2 atom stereocenters. The minimum Gasteiger partial charge on any atom is -0.462 e. The summed E-state index contributed by atoms with van der Waals surface area (Å²) >= 11 is 0. The van der Waals surface area contributed by atoms with E-state index in [-0.39, 0.29) is 24.3 Å². The summed E-state index contributed by atoms with van der Waals surface area (Å²) in [7, 11) is 0. The fraction of sp³-hybridized carbons (Fsp3) is 0.917. The molecule has 0 radical (unpaired) electrons. The van der Waals surface area contributed by atoms with Gasteiger partial charge in [0.2, 0.25) is 0 Å². The van der Waals surface area contributed by atoms with Crippen LogP contribution in [0, 0.1) is 0 Å². The number of hydrogen-bond acceptors (Lipinski definition) is 4. The van der Waals surface area contributed by atoms with E-state index < -0.39 is 0 Å². The number of carbonyl (C=O) groups is 1. The molecule has 2 unspecified atom stereocenters. The zero-order valence-corrected chi connectivity index (χ0v) is 10.5. The zero-order chi connectivity index (χ0) is 12.0. The molecule has 0 aromatic heterocycles. The lowest BCUT2D eigenvalue weighted by molar-refractivity contribution is -0.159. The van der Waals surface area contributed by atoms with Crippen molar-refractivity contribution in [3.63, 3.8) is 0 Å². The van der Waals surface area contributed by atoms with Crippen LogP contribution in [0.25, 0.3) is 0 Å². The maximum Gasteiger partial charge on any atom is 0.307 e. The van der Waals surface area contributed by atoms with Crippen LogP contribution < -0.4 is 5.32 Å². The molecule has 1 fully saturated rings. The number of ether oxygens (including phenoxy) is 2. The Morgan fingerprint density at radius 3 is 2.56 bits per heavy atom. The molecule has 0 aromatic carbocycles. The van der Waals surface area contributed by atoms with E-state index in [0.717, 1.165) is 19.4 Å². The van der Waals surface area contributed by atoms with Crippen molar-refractivity contribution in [2.75, 3.05) is 13.1 Å². The van der Waals surface area contributed by atoms with Crippen LogP contribution in [0.15, 0.2) is 0 Å². The molecule has 1 heterocycles. The zero-order valence-electron chi connectivity index (χ0n) is 10.5. The molecule has 4 heteroatoms. The molecular formula is C12H23NO3. The molecule has 0 aromatic rings. The van der Waals surface area contributed by atoms with Crippen molar-refractivity contribution >= 4 is 5.97 Å². The van der Waals surface area contributed by atoms with Crippen molar-refractivity contribution in [2.45, 2.75) is 58.3 Å². The third kappa shape index (κ3) is 4.94. The van der Waals surface area contributed by atoms with Crippen molar-refractivity contribution in [2.24, 2.45) is 0 Å². The SMILES string of the molecule is CCNCCC(=O)OC1CC(C)OC(C)C1. The van der Waals surface area contributed by atoms with Crippen LogP contribution in [-0.2, 0) is 14.3 Å². The summed E-state index contributed by atoms with van der Waals surface area (Å²) in [6, 6.07) is 0. The molecule has 1 N–H and O–H groups in total. The number of nitrogens with one attached hydrogen (secondary N) is 1. The molecule has 94 valence electrons. The van der Waals surface area contributed by atoms with Gasteiger partial charge < -0.3 is 14.8 Å². The van der Waals surface area contributed by atoms with Gasteiger partial charge in [0.15, 0.2) is 0 Å². The maximum atomic E-state index is 11.5. The van der Waals surface area contributed by atoms with Gasteiger partial charge in [-0.25, -0.2) is 0 Å². The van der Waals surface area contributed by atoms with Gasteiger partial charge in [0.05, 0.1) is 18.6 Å². The van der Waals surface area contributed by atoms with Gasteiger partial charge >= 0.3 is 5.97 Å². The van der Waals surface area contributed by atoms with E-state index in [4.69, 9.17) is 9.47 Å². The third-order valence-electron chi connectivity index (χ3n) is 2.71. The summed E-state index contributed by atoms with van der Waals surface area (Å²) in [4.78, 5) is 11.5. The third-order valence-corrected chi connectivity index (χ3v) is 2.71. The molecule has 0 bridgehead atoms. The molecule has 1 saturated heterocycles. The van der Waals surface area contributed by atoms with E-state index in [1.807, 2.05) is 20.8 Å². The van der Waals surface area contributed by atoms with Crippen LogP contribution in [0.2, 0.25) is 0 Å². The fourth-order valence-electron chi connectivity index (χ4n) is 2.05. The minimum atomic E-state index is -0.104. The van der Waals surface area contributed by atoms with Crippen molar-refractivity contribution in [1.82, 2.24) is 5.32 Å². The summed E-state index contributed by atoms with van der Waals surface area (Å²) in [6.45, 7) is 7.65. The topological polar surface area (TPSA) is 47.6 Å². The largest absolute Gasteiger partial charge is 0.462 e. The van der Waals surface area contributed by atoms with Gasteiger partial charge in [-0.15, -0.1) is 0 Å². The molecule has 1 aliphatic rings. The van der Waals surface area contributed by atoms with Crippen molar-refractivity contribution in [3.05, 3.63) is 0 Å². The van der Waals surface area contributed by atoms with Crippen LogP contribution in [0.5, 0.6) is 0 Å². The van der Waals surface area contributed by atoms with Crippen LogP contribution in [0.3, 0.4) is 0 Å². The Hall–Kier alpha value is -0.610. The molecule has 1 aliphatic heterocycles.